The lowest BCUT2D eigenvalue weighted by Gasteiger charge is -2.04. The first-order chi connectivity index (χ1) is 6.52. The standard InChI is InChI=1S/C8H9N3O3/c1-6(12)10(2)8-5-7(11(13)14)3-4-9-8/h3-5H,1-2H3/p+1. The number of carbonyl (C=O) groups is 1. The topological polar surface area (TPSA) is 77.6 Å². The van der Waals surface area contributed by atoms with Gasteiger partial charge in [0.15, 0.2) is 0 Å². The van der Waals surface area contributed by atoms with Crippen LogP contribution in [0.3, 0.4) is 0 Å². The van der Waals surface area contributed by atoms with Crippen molar-refractivity contribution in [2.24, 2.45) is 0 Å². The Balaban J connectivity index is 3.05. The molecule has 0 saturated heterocycles. The van der Waals surface area contributed by atoms with E-state index in [4.69, 9.17) is 0 Å². The Morgan fingerprint density at radius 2 is 2.29 bits per heavy atom. The molecule has 0 aliphatic rings. The molecule has 1 aromatic heterocycles. The zero-order valence-corrected chi connectivity index (χ0v) is 7.85. The minimum Gasteiger partial charge on any atom is -0.258 e. The smallest absolute Gasteiger partial charge is 0.258 e. The number of carbonyl (C=O) groups excluding carboxylic acids is 1. The molecule has 0 spiro atoms. The van der Waals surface area contributed by atoms with Crippen LogP contribution in [0, 0.1) is 10.1 Å². The normalized spacial score (nSPS) is 9.57. The quantitative estimate of drug-likeness (QED) is 0.507. The molecular formula is C8H10N3O3+. The van der Waals surface area contributed by atoms with Crippen molar-refractivity contribution in [3.05, 3.63) is 28.4 Å². The number of aromatic amines is 1. The van der Waals surface area contributed by atoms with Crippen LogP contribution in [0.4, 0.5) is 11.5 Å². The van der Waals surface area contributed by atoms with Gasteiger partial charge in [-0.1, -0.05) is 0 Å². The van der Waals surface area contributed by atoms with Gasteiger partial charge in [-0.15, -0.1) is 0 Å². The van der Waals surface area contributed by atoms with E-state index in [1.807, 2.05) is 0 Å². The van der Waals surface area contributed by atoms with E-state index >= 15 is 0 Å². The molecule has 0 aliphatic heterocycles. The molecule has 0 unspecified atom stereocenters. The summed E-state index contributed by atoms with van der Waals surface area (Å²) in [5.74, 6) is 0.202. The predicted octanol–water partition coefficient (Wildman–Crippen LogP) is 0.392. The van der Waals surface area contributed by atoms with E-state index in [9.17, 15) is 14.9 Å². The largest absolute Gasteiger partial charge is 0.306 e. The van der Waals surface area contributed by atoms with Crippen molar-refractivity contribution in [2.75, 3.05) is 11.9 Å². The summed E-state index contributed by atoms with van der Waals surface area (Å²) in [6.45, 7) is 1.38. The average Bonchev–Trinajstić information content (AvgIpc) is 2.16. The van der Waals surface area contributed by atoms with E-state index in [1.54, 1.807) is 0 Å². The molecule has 0 aliphatic carbocycles. The van der Waals surface area contributed by atoms with Crippen molar-refractivity contribution in [2.45, 2.75) is 6.92 Å². The Bertz CT molecular complexity index is 378. The molecule has 0 fully saturated rings. The number of hydrogen-bond donors (Lipinski definition) is 0. The Kier molecular flexibility index (Phi) is 2.76. The maximum atomic E-state index is 11.0. The molecule has 0 radical (unpaired) electrons. The van der Waals surface area contributed by atoms with Crippen LogP contribution in [0.25, 0.3) is 0 Å². The monoisotopic (exact) mass is 196 g/mol. The average molecular weight is 196 g/mol. The minimum absolute atomic E-state index is 0.0492. The molecule has 6 nitrogen and oxygen atoms in total. The fourth-order valence-corrected chi connectivity index (χ4v) is 0.919. The first-order valence-electron chi connectivity index (χ1n) is 3.93. The van der Waals surface area contributed by atoms with E-state index in [0.29, 0.717) is 5.82 Å². The number of amides is 1. The van der Waals surface area contributed by atoms with Gasteiger partial charge in [0.2, 0.25) is 0 Å². The van der Waals surface area contributed by atoms with Crippen molar-refractivity contribution in [1.29, 1.82) is 0 Å². The molecule has 0 atom stereocenters. The van der Waals surface area contributed by atoms with Gasteiger partial charge in [-0.3, -0.25) is 10.1 Å². The van der Waals surface area contributed by atoms with Crippen LogP contribution in [0.15, 0.2) is 18.3 Å². The summed E-state index contributed by atoms with van der Waals surface area (Å²) in [5, 5.41) is 10.4. The molecule has 14 heavy (non-hydrogen) atoms. The summed E-state index contributed by atoms with van der Waals surface area (Å²) in [6, 6.07) is 2.64. The summed E-state index contributed by atoms with van der Waals surface area (Å²) in [6.07, 6.45) is 1.42. The second kappa shape index (κ2) is 3.82. The second-order valence-corrected chi connectivity index (χ2v) is 2.77. The van der Waals surface area contributed by atoms with E-state index in [0.717, 1.165) is 0 Å². The number of nitrogens with zero attached hydrogens (tertiary/aromatic N) is 2. The van der Waals surface area contributed by atoms with Crippen LogP contribution < -0.4 is 9.88 Å². The third-order valence-electron chi connectivity index (χ3n) is 1.81. The lowest BCUT2D eigenvalue weighted by molar-refractivity contribution is -0.393. The van der Waals surface area contributed by atoms with Crippen molar-refractivity contribution < 1.29 is 14.7 Å². The van der Waals surface area contributed by atoms with Gasteiger partial charge in [0.25, 0.3) is 11.5 Å². The number of nitro groups is 1. The van der Waals surface area contributed by atoms with Crippen LogP contribution in [0.1, 0.15) is 6.92 Å². The van der Waals surface area contributed by atoms with Gasteiger partial charge in [0.05, 0.1) is 24.2 Å². The highest BCUT2D eigenvalue weighted by molar-refractivity contribution is 5.89. The molecule has 0 saturated carbocycles. The third-order valence-corrected chi connectivity index (χ3v) is 1.81. The molecule has 1 amide bonds. The third kappa shape index (κ3) is 2.03. The van der Waals surface area contributed by atoms with Crippen LogP contribution in [0.5, 0.6) is 0 Å². The molecule has 0 bridgehead atoms. The van der Waals surface area contributed by atoms with Gasteiger partial charge < -0.3 is 0 Å². The summed E-state index contributed by atoms with van der Waals surface area (Å²) in [5.41, 5.74) is -0.0492. The first-order valence-corrected chi connectivity index (χ1v) is 3.93. The van der Waals surface area contributed by atoms with Gasteiger partial charge >= 0.3 is 5.91 Å². The van der Waals surface area contributed by atoms with Gasteiger partial charge in [-0.25, -0.2) is 9.78 Å². The predicted molar refractivity (Wildman–Crippen MR) is 48.7 cm³/mol. The fraction of sp³-hybridized carbons (Fsp3) is 0.250. The number of hydrogen-bond acceptors (Lipinski definition) is 3. The van der Waals surface area contributed by atoms with Crippen molar-refractivity contribution in [3.8, 4) is 0 Å². The second-order valence-electron chi connectivity index (χ2n) is 2.77. The number of aromatic nitrogens is 1. The number of nitrogens with one attached hydrogen (secondary N) is 1. The molecule has 74 valence electrons. The van der Waals surface area contributed by atoms with Crippen LogP contribution in [0.2, 0.25) is 0 Å². The van der Waals surface area contributed by atoms with Crippen LogP contribution in [-0.4, -0.2) is 17.9 Å². The highest BCUT2D eigenvalue weighted by Crippen LogP contribution is 2.13. The summed E-state index contributed by atoms with van der Waals surface area (Å²) in [7, 11) is 1.54. The number of H-pyrrole nitrogens is 1. The lowest BCUT2D eigenvalue weighted by atomic mass is 10.4. The Morgan fingerprint density at radius 3 is 2.79 bits per heavy atom. The minimum atomic E-state index is -0.509. The molecule has 6 heteroatoms. The maximum Gasteiger partial charge on any atom is 0.306 e. The SMILES string of the molecule is CC(=O)N(C)c1cc([N+](=O)[O-])cc[nH+]1. The highest BCUT2D eigenvalue weighted by atomic mass is 16.6. The number of pyridine rings is 1. The fourth-order valence-electron chi connectivity index (χ4n) is 0.919. The van der Waals surface area contributed by atoms with E-state index in [2.05, 4.69) is 4.98 Å². The molecule has 1 rings (SSSR count). The summed E-state index contributed by atoms with van der Waals surface area (Å²) < 4.78 is 0. The van der Waals surface area contributed by atoms with E-state index in [1.165, 1.54) is 37.2 Å². The Morgan fingerprint density at radius 1 is 1.64 bits per heavy atom. The van der Waals surface area contributed by atoms with E-state index in [-0.39, 0.29) is 11.6 Å². The summed E-state index contributed by atoms with van der Waals surface area (Å²) in [4.78, 5) is 24.9. The first kappa shape index (κ1) is 10.1. The maximum absolute atomic E-state index is 11.0. The van der Waals surface area contributed by atoms with Gasteiger partial charge in [0.1, 0.15) is 6.07 Å². The van der Waals surface area contributed by atoms with Crippen LogP contribution in [-0.2, 0) is 4.79 Å². The van der Waals surface area contributed by atoms with Crippen molar-refractivity contribution >= 4 is 17.4 Å². The van der Waals surface area contributed by atoms with Crippen molar-refractivity contribution in [3.63, 3.8) is 0 Å². The number of rotatable bonds is 2. The van der Waals surface area contributed by atoms with Gasteiger partial charge in [0, 0.05) is 6.92 Å². The molecule has 0 aromatic carbocycles. The van der Waals surface area contributed by atoms with Crippen LogP contribution >= 0.6 is 0 Å². The molecular weight excluding hydrogens is 186 g/mol. The van der Waals surface area contributed by atoms with Gasteiger partial charge in [-0.2, -0.15) is 4.90 Å². The Labute approximate surface area is 80.3 Å². The summed E-state index contributed by atoms with van der Waals surface area (Å²) >= 11 is 0. The molecule has 1 N–H and O–H groups in total. The lowest BCUT2D eigenvalue weighted by Crippen LogP contribution is -2.28. The highest BCUT2D eigenvalue weighted by Gasteiger charge is 2.18. The number of anilines is 1. The molecule has 1 aromatic rings. The van der Waals surface area contributed by atoms with Gasteiger partial charge in [-0.05, 0) is 0 Å². The zero-order valence-electron chi connectivity index (χ0n) is 7.85. The molecule has 1 heterocycles. The zero-order chi connectivity index (χ0) is 10.7. The Hall–Kier alpha value is -1.98. The van der Waals surface area contributed by atoms with Crippen molar-refractivity contribution in [1.82, 2.24) is 0 Å². The van der Waals surface area contributed by atoms with E-state index < -0.39 is 4.92 Å².